The Morgan fingerprint density at radius 2 is 1.46 bits per heavy atom. The molecule has 0 saturated carbocycles. The van der Waals surface area contributed by atoms with Gasteiger partial charge in [-0.2, -0.15) is 8.61 Å². The molecule has 0 unspecified atom stereocenters. The summed E-state index contributed by atoms with van der Waals surface area (Å²) < 4.78 is 53.9. The highest BCUT2D eigenvalue weighted by molar-refractivity contribution is 7.91. The molecule has 0 radical (unpaired) electrons. The summed E-state index contributed by atoms with van der Waals surface area (Å²) >= 11 is 6.79. The lowest BCUT2D eigenvalue weighted by atomic mass is 10.3. The zero-order valence-electron chi connectivity index (χ0n) is 14.8. The number of hydrogen-bond acceptors (Lipinski definition) is 6. The van der Waals surface area contributed by atoms with Crippen molar-refractivity contribution in [3.05, 3.63) is 40.7 Å². The van der Waals surface area contributed by atoms with Crippen LogP contribution in [0.3, 0.4) is 0 Å². The van der Waals surface area contributed by atoms with Crippen molar-refractivity contribution in [2.45, 2.75) is 16.0 Å². The molecule has 1 saturated heterocycles. The molecule has 12 heteroatoms. The summed E-state index contributed by atoms with van der Waals surface area (Å²) in [6.45, 7) is 1.58. The highest BCUT2D eigenvalue weighted by atomic mass is 35.5. The van der Waals surface area contributed by atoms with Gasteiger partial charge < -0.3 is 5.32 Å². The molecule has 152 valence electrons. The Hall–Kier alpha value is -1.50. The molecule has 0 aliphatic carbocycles. The van der Waals surface area contributed by atoms with Crippen LogP contribution in [-0.4, -0.2) is 57.5 Å². The second-order valence-corrected chi connectivity index (χ2v) is 11.9. The minimum Gasteiger partial charge on any atom is -0.326 e. The van der Waals surface area contributed by atoms with E-state index in [9.17, 15) is 21.6 Å². The van der Waals surface area contributed by atoms with Gasteiger partial charge in [0, 0.05) is 38.8 Å². The topological polar surface area (TPSA) is 104 Å². The van der Waals surface area contributed by atoms with Crippen LogP contribution in [0, 0.1) is 0 Å². The number of benzene rings is 1. The number of thiophene rings is 1. The third-order valence-corrected chi connectivity index (χ3v) is 9.66. The number of halogens is 1. The average molecular weight is 464 g/mol. The van der Waals surface area contributed by atoms with E-state index in [4.69, 9.17) is 11.6 Å². The number of rotatable bonds is 5. The quantitative estimate of drug-likeness (QED) is 0.730. The average Bonchev–Trinajstić information content (AvgIpc) is 3.09. The molecular weight excluding hydrogens is 446 g/mol. The van der Waals surface area contributed by atoms with Crippen molar-refractivity contribution in [2.75, 3.05) is 31.5 Å². The van der Waals surface area contributed by atoms with E-state index in [0.29, 0.717) is 10.0 Å². The summed E-state index contributed by atoms with van der Waals surface area (Å²) in [7, 11) is -7.44. The molecular formula is C16H18ClN3O5S3. The van der Waals surface area contributed by atoms with Gasteiger partial charge >= 0.3 is 0 Å². The number of hydrogen-bond donors (Lipinski definition) is 1. The van der Waals surface area contributed by atoms with Gasteiger partial charge in [0.15, 0.2) is 0 Å². The predicted molar refractivity (Wildman–Crippen MR) is 108 cm³/mol. The summed E-state index contributed by atoms with van der Waals surface area (Å²) in [5, 5.41) is 2.57. The monoisotopic (exact) mass is 463 g/mol. The largest absolute Gasteiger partial charge is 0.326 e. The van der Waals surface area contributed by atoms with Crippen LogP contribution in [0.25, 0.3) is 0 Å². The van der Waals surface area contributed by atoms with Crippen LogP contribution in [0.5, 0.6) is 0 Å². The van der Waals surface area contributed by atoms with E-state index >= 15 is 0 Å². The highest BCUT2D eigenvalue weighted by Gasteiger charge is 2.34. The van der Waals surface area contributed by atoms with Gasteiger partial charge in [-0.3, -0.25) is 4.79 Å². The molecule has 2 aromatic rings. The van der Waals surface area contributed by atoms with Crippen LogP contribution in [-0.2, 0) is 24.8 Å². The lowest BCUT2D eigenvalue weighted by molar-refractivity contribution is -0.114. The summed E-state index contributed by atoms with van der Waals surface area (Å²) in [6, 6.07) is 8.81. The minimum atomic E-state index is -3.76. The molecule has 1 aromatic carbocycles. The molecule has 1 fully saturated rings. The maximum absolute atomic E-state index is 12.8. The second kappa shape index (κ2) is 8.09. The lowest BCUT2D eigenvalue weighted by Gasteiger charge is -2.33. The SMILES string of the molecule is CC(=O)Nc1ccc(S(=O)(=O)N2CCN(S(=O)(=O)c3ccc(Cl)s3)CC2)cc1. The number of amides is 1. The van der Waals surface area contributed by atoms with Crippen molar-refractivity contribution in [2.24, 2.45) is 0 Å². The Bertz CT molecular complexity index is 1070. The van der Waals surface area contributed by atoms with E-state index in [1.54, 1.807) is 0 Å². The molecule has 1 aromatic heterocycles. The fraction of sp³-hybridized carbons (Fsp3) is 0.312. The van der Waals surface area contributed by atoms with Gasteiger partial charge in [0.05, 0.1) is 9.23 Å². The Morgan fingerprint density at radius 1 is 0.929 bits per heavy atom. The van der Waals surface area contributed by atoms with Crippen LogP contribution >= 0.6 is 22.9 Å². The van der Waals surface area contributed by atoms with Gasteiger partial charge in [-0.05, 0) is 36.4 Å². The fourth-order valence-electron chi connectivity index (χ4n) is 2.78. The molecule has 2 heterocycles. The number of carbonyl (C=O) groups is 1. The van der Waals surface area contributed by atoms with Gasteiger partial charge in [0.1, 0.15) is 4.21 Å². The summed E-state index contributed by atoms with van der Waals surface area (Å²) in [4.78, 5) is 11.1. The van der Waals surface area contributed by atoms with Crippen molar-refractivity contribution >= 4 is 54.6 Å². The molecule has 0 atom stereocenters. The molecule has 0 spiro atoms. The summed E-state index contributed by atoms with van der Waals surface area (Å²) in [6.07, 6.45) is 0. The smallest absolute Gasteiger partial charge is 0.252 e. The predicted octanol–water partition coefficient (Wildman–Crippen LogP) is 2.06. The van der Waals surface area contributed by atoms with Crippen LogP contribution in [0.15, 0.2) is 45.5 Å². The number of sulfonamides is 2. The summed E-state index contributed by atoms with van der Waals surface area (Å²) in [5.74, 6) is -0.250. The van der Waals surface area contributed by atoms with Crippen molar-refractivity contribution in [3.8, 4) is 0 Å². The van der Waals surface area contributed by atoms with Crippen molar-refractivity contribution in [3.63, 3.8) is 0 Å². The van der Waals surface area contributed by atoms with Gasteiger partial charge in [-0.15, -0.1) is 11.3 Å². The highest BCUT2D eigenvalue weighted by Crippen LogP contribution is 2.29. The Balaban J connectivity index is 1.70. The Morgan fingerprint density at radius 3 is 1.93 bits per heavy atom. The van der Waals surface area contributed by atoms with Crippen LogP contribution < -0.4 is 5.32 Å². The third-order valence-electron chi connectivity index (χ3n) is 4.15. The normalized spacial score (nSPS) is 16.8. The maximum Gasteiger partial charge on any atom is 0.252 e. The molecule has 1 aliphatic rings. The first-order valence-corrected chi connectivity index (χ1v) is 12.3. The van der Waals surface area contributed by atoms with Crippen molar-refractivity contribution < 1.29 is 21.6 Å². The van der Waals surface area contributed by atoms with Crippen molar-refractivity contribution in [1.82, 2.24) is 8.61 Å². The number of anilines is 1. The van der Waals surface area contributed by atoms with Crippen LogP contribution in [0.1, 0.15) is 6.92 Å². The fourth-order valence-corrected chi connectivity index (χ4v) is 7.26. The Labute approximate surface area is 172 Å². The van der Waals surface area contributed by atoms with Crippen LogP contribution in [0.2, 0.25) is 4.34 Å². The maximum atomic E-state index is 12.8. The van der Waals surface area contributed by atoms with E-state index in [1.165, 1.54) is 51.9 Å². The number of nitrogens with one attached hydrogen (secondary N) is 1. The van der Waals surface area contributed by atoms with Gasteiger partial charge in [0.2, 0.25) is 15.9 Å². The number of piperazine rings is 1. The molecule has 28 heavy (non-hydrogen) atoms. The van der Waals surface area contributed by atoms with Gasteiger partial charge in [-0.1, -0.05) is 11.6 Å². The van der Waals surface area contributed by atoms with Gasteiger partial charge in [0.25, 0.3) is 10.0 Å². The number of nitrogens with zero attached hydrogens (tertiary/aromatic N) is 2. The molecule has 1 aliphatic heterocycles. The van der Waals surface area contributed by atoms with E-state index in [2.05, 4.69) is 5.32 Å². The molecule has 0 bridgehead atoms. The van der Waals surface area contributed by atoms with E-state index in [1.807, 2.05) is 0 Å². The van der Waals surface area contributed by atoms with Gasteiger partial charge in [-0.25, -0.2) is 16.8 Å². The Kier molecular flexibility index (Phi) is 6.13. The first-order chi connectivity index (χ1) is 13.1. The second-order valence-electron chi connectivity index (χ2n) is 6.07. The summed E-state index contributed by atoms with van der Waals surface area (Å²) in [5.41, 5.74) is 0.497. The number of carbonyl (C=O) groups excluding carboxylic acids is 1. The molecule has 1 amide bonds. The first kappa shape index (κ1) is 21.2. The van der Waals surface area contributed by atoms with Crippen LogP contribution in [0.4, 0.5) is 5.69 Å². The minimum absolute atomic E-state index is 0.0497. The standard InChI is InChI=1S/C16H18ClN3O5S3/c1-12(21)18-13-2-4-14(5-3-13)27(22,23)19-8-10-20(11-9-19)28(24,25)16-7-6-15(17)26-16/h2-7H,8-11H2,1H3,(H,18,21). The van der Waals surface area contributed by atoms with Crippen molar-refractivity contribution in [1.29, 1.82) is 0 Å². The molecule has 3 rings (SSSR count). The zero-order valence-corrected chi connectivity index (χ0v) is 18.0. The third kappa shape index (κ3) is 4.39. The van der Waals surface area contributed by atoms with E-state index in [0.717, 1.165) is 11.3 Å². The molecule has 1 N–H and O–H groups in total. The molecule has 8 nitrogen and oxygen atoms in total. The van der Waals surface area contributed by atoms with E-state index < -0.39 is 20.0 Å². The zero-order chi connectivity index (χ0) is 20.5. The van der Waals surface area contributed by atoms with E-state index in [-0.39, 0.29) is 41.2 Å². The first-order valence-electron chi connectivity index (χ1n) is 8.24. The lowest BCUT2D eigenvalue weighted by Crippen LogP contribution is -2.50.